The van der Waals surface area contributed by atoms with Crippen molar-refractivity contribution >= 4 is 16.9 Å². The summed E-state index contributed by atoms with van der Waals surface area (Å²) in [5, 5.41) is 17.8. The summed E-state index contributed by atoms with van der Waals surface area (Å²) in [6.07, 6.45) is 8.13. The highest BCUT2D eigenvalue weighted by molar-refractivity contribution is 5.96. The van der Waals surface area contributed by atoms with Crippen LogP contribution in [0.2, 0.25) is 0 Å². The molecule has 0 saturated carbocycles. The van der Waals surface area contributed by atoms with E-state index in [1.807, 2.05) is 6.92 Å². The molecule has 1 N–H and O–H groups in total. The first-order chi connectivity index (χ1) is 15.3. The third-order valence-electron chi connectivity index (χ3n) is 6.03. The van der Waals surface area contributed by atoms with Crippen molar-refractivity contribution in [2.24, 2.45) is 5.92 Å². The Kier molecular flexibility index (Phi) is 5.99. The van der Waals surface area contributed by atoms with Crippen molar-refractivity contribution in [2.75, 3.05) is 6.61 Å². The summed E-state index contributed by atoms with van der Waals surface area (Å²) in [4.78, 5) is 24.3. The molecule has 4 rings (SSSR count). The fraction of sp³-hybridized carbons (Fsp3) is 0.478. The van der Waals surface area contributed by atoms with Gasteiger partial charge in [0.25, 0.3) is 0 Å². The van der Waals surface area contributed by atoms with Crippen LogP contribution < -0.4 is 10.2 Å². The van der Waals surface area contributed by atoms with E-state index in [1.54, 1.807) is 10.8 Å². The summed E-state index contributed by atoms with van der Waals surface area (Å²) < 4.78 is 24.1. The van der Waals surface area contributed by atoms with E-state index in [2.05, 4.69) is 24.2 Å². The second-order valence-corrected chi connectivity index (χ2v) is 8.48. The highest BCUT2D eigenvalue weighted by Gasteiger charge is 2.29. The number of carboxylic acids is 1. The number of benzene rings is 1. The van der Waals surface area contributed by atoms with Crippen LogP contribution in [0.5, 0.6) is 5.75 Å². The minimum Gasteiger partial charge on any atom is -0.487 e. The van der Waals surface area contributed by atoms with Crippen LogP contribution in [0.25, 0.3) is 16.6 Å². The van der Waals surface area contributed by atoms with Crippen LogP contribution >= 0.6 is 0 Å². The van der Waals surface area contributed by atoms with Crippen LogP contribution in [0, 0.1) is 11.7 Å². The normalized spacial score (nSPS) is 15.3. The molecule has 32 heavy (non-hydrogen) atoms. The number of rotatable bonds is 8. The first-order valence-electron chi connectivity index (χ1n) is 11.0. The van der Waals surface area contributed by atoms with Crippen molar-refractivity contribution in [3.05, 3.63) is 45.8 Å². The van der Waals surface area contributed by atoms with Crippen LogP contribution in [0.3, 0.4) is 0 Å². The smallest absolute Gasteiger partial charge is 0.341 e. The molecule has 1 aromatic carbocycles. The van der Waals surface area contributed by atoms with Gasteiger partial charge in [-0.1, -0.05) is 44.7 Å². The van der Waals surface area contributed by atoms with Crippen molar-refractivity contribution in [1.29, 1.82) is 0 Å². The zero-order valence-corrected chi connectivity index (χ0v) is 18.5. The van der Waals surface area contributed by atoms with Gasteiger partial charge in [-0.15, -0.1) is 5.10 Å². The van der Waals surface area contributed by atoms with E-state index < -0.39 is 22.8 Å². The topological polar surface area (TPSA) is 99.2 Å². The number of carboxylic acid groups (broad SMARTS) is 1. The van der Waals surface area contributed by atoms with Crippen molar-refractivity contribution in [3.63, 3.8) is 0 Å². The number of pyridine rings is 1. The fourth-order valence-corrected chi connectivity index (χ4v) is 4.54. The number of hydrogen-bond donors (Lipinski definition) is 1. The minimum atomic E-state index is -1.35. The molecule has 9 heteroatoms. The van der Waals surface area contributed by atoms with Gasteiger partial charge in [0.05, 0.1) is 28.8 Å². The maximum atomic E-state index is 15.3. The second kappa shape index (κ2) is 8.72. The van der Waals surface area contributed by atoms with Gasteiger partial charge in [0.1, 0.15) is 17.9 Å². The molecule has 1 aliphatic rings. The molecule has 0 spiro atoms. The van der Waals surface area contributed by atoms with Gasteiger partial charge in [-0.05, 0) is 25.3 Å². The molecule has 3 heterocycles. The number of nitrogens with zero attached hydrogens (tertiary/aromatic N) is 4. The number of carbonyl (C=O) groups is 1. The van der Waals surface area contributed by atoms with E-state index in [4.69, 9.17) is 4.74 Å². The number of aromatic carboxylic acids is 1. The minimum absolute atomic E-state index is 0.0287. The maximum Gasteiger partial charge on any atom is 0.341 e. The third-order valence-corrected chi connectivity index (χ3v) is 6.03. The Morgan fingerprint density at radius 1 is 1.31 bits per heavy atom. The second-order valence-electron chi connectivity index (χ2n) is 8.48. The van der Waals surface area contributed by atoms with Crippen LogP contribution in [0.15, 0.2) is 23.3 Å². The van der Waals surface area contributed by atoms with Gasteiger partial charge in [-0.25, -0.2) is 13.9 Å². The molecule has 1 aliphatic heterocycles. The molecule has 0 aliphatic carbocycles. The highest BCUT2D eigenvalue weighted by Crippen LogP contribution is 2.38. The van der Waals surface area contributed by atoms with E-state index in [0.29, 0.717) is 11.4 Å². The van der Waals surface area contributed by atoms with Crippen LogP contribution in [0.1, 0.15) is 68.5 Å². The summed E-state index contributed by atoms with van der Waals surface area (Å²) in [6, 6.07) is 0.844. The summed E-state index contributed by atoms with van der Waals surface area (Å²) in [5.74, 6) is -1.41. The molecule has 0 fully saturated rings. The quantitative estimate of drug-likeness (QED) is 0.563. The first-order valence-corrected chi connectivity index (χ1v) is 11.0. The van der Waals surface area contributed by atoms with Gasteiger partial charge in [0, 0.05) is 6.20 Å². The number of aromatic nitrogens is 4. The van der Waals surface area contributed by atoms with Gasteiger partial charge in [-0.3, -0.25) is 4.79 Å². The largest absolute Gasteiger partial charge is 0.487 e. The number of ether oxygens (including phenoxy) is 1. The molecule has 1 atom stereocenters. The van der Waals surface area contributed by atoms with Gasteiger partial charge >= 0.3 is 5.97 Å². The Hall–Kier alpha value is -3.23. The summed E-state index contributed by atoms with van der Waals surface area (Å²) >= 11 is 0. The SMILES string of the molecule is CCCC(CCC)Cc1cn(-c2c(F)cc3c(=O)c(C(=O)O)cn4c3c2OCC4C)nn1. The lowest BCUT2D eigenvalue weighted by molar-refractivity contribution is 0.0694. The Balaban J connectivity index is 1.85. The molecule has 2 aromatic heterocycles. The molecule has 0 radical (unpaired) electrons. The summed E-state index contributed by atoms with van der Waals surface area (Å²) in [7, 11) is 0. The molecule has 3 aromatic rings. The molecule has 0 bridgehead atoms. The lowest BCUT2D eigenvalue weighted by Gasteiger charge is -2.28. The Morgan fingerprint density at radius 3 is 2.69 bits per heavy atom. The van der Waals surface area contributed by atoms with Crippen molar-refractivity contribution in [3.8, 4) is 11.4 Å². The van der Waals surface area contributed by atoms with Gasteiger partial charge in [0.15, 0.2) is 11.6 Å². The molecular formula is C23H27FN4O4. The number of hydrogen-bond acceptors (Lipinski definition) is 5. The van der Waals surface area contributed by atoms with Crippen LogP contribution in [-0.4, -0.2) is 37.2 Å². The summed E-state index contributed by atoms with van der Waals surface area (Å²) in [5.41, 5.74) is 0.0648. The molecular weight excluding hydrogens is 415 g/mol. The third kappa shape index (κ3) is 3.76. The van der Waals surface area contributed by atoms with Gasteiger partial charge in [0.2, 0.25) is 5.43 Å². The van der Waals surface area contributed by atoms with Crippen molar-refractivity contribution in [2.45, 2.75) is 58.9 Å². The van der Waals surface area contributed by atoms with E-state index in [9.17, 15) is 14.7 Å². The molecule has 170 valence electrons. The Morgan fingerprint density at radius 2 is 2.03 bits per heavy atom. The monoisotopic (exact) mass is 442 g/mol. The zero-order chi connectivity index (χ0) is 23.0. The van der Waals surface area contributed by atoms with E-state index in [-0.39, 0.29) is 29.5 Å². The summed E-state index contributed by atoms with van der Waals surface area (Å²) in [6.45, 7) is 6.36. The zero-order valence-electron chi connectivity index (χ0n) is 18.5. The van der Waals surface area contributed by atoms with Crippen LogP contribution in [-0.2, 0) is 6.42 Å². The van der Waals surface area contributed by atoms with Gasteiger partial charge in [-0.2, -0.15) is 0 Å². The predicted octanol–water partition coefficient (Wildman–Crippen LogP) is 4.13. The molecule has 0 saturated heterocycles. The predicted molar refractivity (Wildman–Crippen MR) is 117 cm³/mol. The van der Waals surface area contributed by atoms with Gasteiger partial charge < -0.3 is 14.4 Å². The van der Waals surface area contributed by atoms with Crippen molar-refractivity contribution < 1.29 is 19.0 Å². The molecule has 8 nitrogen and oxygen atoms in total. The lowest BCUT2D eigenvalue weighted by atomic mass is 9.94. The molecule has 1 unspecified atom stereocenters. The standard InChI is InChI=1S/C23H27FN4O4/c1-4-6-14(7-5-2)8-15-10-28(26-25-15)20-18(24)9-16-19-22(20)32-12-13(3)27(19)11-17(21(16)29)23(30)31/h9-11,13-14H,4-8,12H2,1-3H3,(H,30,31). The highest BCUT2D eigenvalue weighted by atomic mass is 19.1. The van der Waals surface area contributed by atoms with Crippen molar-refractivity contribution in [1.82, 2.24) is 19.6 Å². The lowest BCUT2D eigenvalue weighted by Crippen LogP contribution is -2.27. The molecule has 0 amide bonds. The fourth-order valence-electron chi connectivity index (χ4n) is 4.54. The van der Waals surface area contributed by atoms with Crippen LogP contribution in [0.4, 0.5) is 4.39 Å². The van der Waals surface area contributed by atoms with E-state index >= 15 is 4.39 Å². The number of halogens is 1. The Labute approximate surface area is 184 Å². The van der Waals surface area contributed by atoms with E-state index in [0.717, 1.165) is 43.9 Å². The average Bonchev–Trinajstić information content (AvgIpc) is 3.19. The maximum absolute atomic E-state index is 15.3. The average molecular weight is 442 g/mol. The van der Waals surface area contributed by atoms with E-state index in [1.165, 1.54) is 10.9 Å². The first kappa shape index (κ1) is 22.0. The Bertz CT molecular complexity index is 1230.